The molecule has 0 amide bonds. The standard InChI is InChI=1S/C21H26N4O/c1-15(2)8-7-11-22-14-18-13-20(26)25-16(3)12-19(24-21(25)23-18)17-9-5-4-6-10-17/h4-6,9-10,12-13,15,22H,7-8,11,14H2,1-3H3. The van der Waals surface area contributed by atoms with Crippen molar-refractivity contribution in [3.63, 3.8) is 0 Å². The van der Waals surface area contributed by atoms with Gasteiger partial charge in [-0.25, -0.2) is 14.4 Å². The molecule has 0 atom stereocenters. The van der Waals surface area contributed by atoms with Crippen molar-refractivity contribution in [1.29, 1.82) is 0 Å². The predicted molar refractivity (Wildman–Crippen MR) is 105 cm³/mol. The van der Waals surface area contributed by atoms with E-state index in [0.29, 0.717) is 18.2 Å². The van der Waals surface area contributed by atoms with Crippen molar-refractivity contribution in [1.82, 2.24) is 19.7 Å². The van der Waals surface area contributed by atoms with Crippen LogP contribution in [-0.2, 0) is 6.54 Å². The van der Waals surface area contributed by atoms with Crippen LogP contribution in [0, 0.1) is 12.8 Å². The molecule has 0 aliphatic heterocycles. The van der Waals surface area contributed by atoms with Crippen LogP contribution in [0.25, 0.3) is 17.0 Å². The van der Waals surface area contributed by atoms with Crippen LogP contribution in [0.3, 0.4) is 0 Å². The normalized spacial score (nSPS) is 11.4. The van der Waals surface area contributed by atoms with Crippen LogP contribution in [0.5, 0.6) is 0 Å². The van der Waals surface area contributed by atoms with Crippen LogP contribution < -0.4 is 10.9 Å². The van der Waals surface area contributed by atoms with Crippen molar-refractivity contribution < 1.29 is 0 Å². The van der Waals surface area contributed by atoms with E-state index in [0.717, 1.165) is 35.6 Å². The van der Waals surface area contributed by atoms with E-state index in [1.807, 2.05) is 43.3 Å². The van der Waals surface area contributed by atoms with E-state index in [1.165, 1.54) is 6.42 Å². The molecule has 26 heavy (non-hydrogen) atoms. The van der Waals surface area contributed by atoms with E-state index in [-0.39, 0.29) is 5.56 Å². The van der Waals surface area contributed by atoms with Gasteiger partial charge in [0.05, 0.1) is 11.4 Å². The number of nitrogens with zero attached hydrogens (tertiary/aromatic N) is 3. The molecule has 1 aromatic carbocycles. The first-order valence-electron chi connectivity index (χ1n) is 9.21. The quantitative estimate of drug-likeness (QED) is 0.662. The molecule has 0 saturated heterocycles. The third kappa shape index (κ3) is 4.35. The fraction of sp³-hybridized carbons (Fsp3) is 0.381. The molecule has 0 saturated carbocycles. The van der Waals surface area contributed by atoms with Gasteiger partial charge in [-0.1, -0.05) is 44.2 Å². The van der Waals surface area contributed by atoms with Gasteiger partial charge in [-0.15, -0.1) is 0 Å². The molecule has 0 aliphatic rings. The highest BCUT2D eigenvalue weighted by atomic mass is 16.1. The minimum atomic E-state index is -0.0846. The van der Waals surface area contributed by atoms with Crippen molar-refractivity contribution in [2.45, 2.75) is 40.2 Å². The maximum Gasteiger partial charge on any atom is 0.259 e. The van der Waals surface area contributed by atoms with Gasteiger partial charge < -0.3 is 5.32 Å². The van der Waals surface area contributed by atoms with Crippen molar-refractivity contribution >= 4 is 5.78 Å². The summed E-state index contributed by atoms with van der Waals surface area (Å²) in [5.41, 5.74) is 3.33. The molecule has 1 N–H and O–H groups in total. The molecular formula is C21H26N4O. The number of fused-ring (bicyclic) bond motifs is 1. The van der Waals surface area contributed by atoms with E-state index < -0.39 is 0 Å². The van der Waals surface area contributed by atoms with Crippen molar-refractivity contribution in [2.75, 3.05) is 6.54 Å². The Balaban J connectivity index is 1.85. The number of aryl methyl sites for hydroxylation is 1. The Bertz CT molecular complexity index is 932. The Labute approximate surface area is 154 Å². The second-order valence-electron chi connectivity index (χ2n) is 7.08. The number of hydrogen-bond acceptors (Lipinski definition) is 4. The van der Waals surface area contributed by atoms with Crippen LogP contribution in [-0.4, -0.2) is 20.9 Å². The predicted octanol–water partition coefficient (Wildman–Crippen LogP) is 3.59. The number of nitrogens with one attached hydrogen (secondary N) is 1. The lowest BCUT2D eigenvalue weighted by molar-refractivity contribution is 0.525. The highest BCUT2D eigenvalue weighted by Gasteiger charge is 2.09. The summed E-state index contributed by atoms with van der Waals surface area (Å²) in [5, 5.41) is 3.37. The maximum absolute atomic E-state index is 12.5. The van der Waals surface area contributed by atoms with Gasteiger partial charge in [0.25, 0.3) is 5.56 Å². The Kier molecular flexibility index (Phi) is 5.78. The smallest absolute Gasteiger partial charge is 0.259 e. The zero-order chi connectivity index (χ0) is 18.5. The summed E-state index contributed by atoms with van der Waals surface area (Å²) in [6.07, 6.45) is 2.32. The van der Waals surface area contributed by atoms with Gasteiger partial charge in [0.15, 0.2) is 0 Å². The van der Waals surface area contributed by atoms with Crippen LogP contribution in [0.4, 0.5) is 0 Å². The first-order chi connectivity index (χ1) is 12.5. The molecular weight excluding hydrogens is 324 g/mol. The molecule has 0 bridgehead atoms. The molecule has 3 rings (SSSR count). The van der Waals surface area contributed by atoms with Crippen molar-refractivity contribution in [2.24, 2.45) is 5.92 Å². The molecule has 2 aromatic heterocycles. The SMILES string of the molecule is Cc1cc(-c2ccccc2)nc2nc(CNCCCC(C)C)cc(=O)n12. The van der Waals surface area contributed by atoms with Crippen LogP contribution in [0.15, 0.2) is 47.3 Å². The zero-order valence-electron chi connectivity index (χ0n) is 15.7. The first-order valence-corrected chi connectivity index (χ1v) is 9.21. The summed E-state index contributed by atoms with van der Waals surface area (Å²) in [4.78, 5) is 21.7. The molecule has 2 heterocycles. The van der Waals surface area contributed by atoms with E-state index in [4.69, 9.17) is 0 Å². The molecule has 5 heteroatoms. The third-order valence-electron chi connectivity index (χ3n) is 4.38. The largest absolute Gasteiger partial charge is 0.311 e. The van der Waals surface area contributed by atoms with Gasteiger partial charge in [0.2, 0.25) is 5.78 Å². The second kappa shape index (κ2) is 8.23. The lowest BCUT2D eigenvalue weighted by atomic mass is 10.1. The van der Waals surface area contributed by atoms with Crippen LogP contribution >= 0.6 is 0 Å². The lowest BCUT2D eigenvalue weighted by Crippen LogP contribution is -2.22. The molecule has 0 spiro atoms. The van der Waals surface area contributed by atoms with Gasteiger partial charge in [0.1, 0.15) is 0 Å². The third-order valence-corrected chi connectivity index (χ3v) is 4.38. The van der Waals surface area contributed by atoms with Gasteiger partial charge in [-0.05, 0) is 38.3 Å². The average Bonchev–Trinajstić information content (AvgIpc) is 2.61. The highest BCUT2D eigenvalue weighted by molar-refractivity contribution is 5.61. The number of hydrogen-bond donors (Lipinski definition) is 1. The summed E-state index contributed by atoms with van der Waals surface area (Å²) in [6, 6.07) is 13.5. The van der Waals surface area contributed by atoms with Crippen molar-refractivity contribution in [3.05, 3.63) is 64.2 Å². The van der Waals surface area contributed by atoms with Gasteiger partial charge in [0, 0.05) is 23.9 Å². The Morgan fingerprint density at radius 1 is 1.12 bits per heavy atom. The van der Waals surface area contributed by atoms with Gasteiger partial charge >= 0.3 is 0 Å². The molecule has 0 fully saturated rings. The maximum atomic E-state index is 12.5. The van der Waals surface area contributed by atoms with Gasteiger partial charge in [-0.3, -0.25) is 4.79 Å². The topological polar surface area (TPSA) is 59.3 Å². The fourth-order valence-corrected chi connectivity index (χ4v) is 3.02. The van der Waals surface area contributed by atoms with Crippen molar-refractivity contribution in [3.8, 4) is 11.3 Å². The summed E-state index contributed by atoms with van der Waals surface area (Å²) in [7, 11) is 0. The Hall–Kier alpha value is -2.53. The first kappa shape index (κ1) is 18.3. The Morgan fingerprint density at radius 2 is 1.88 bits per heavy atom. The minimum absolute atomic E-state index is 0.0846. The second-order valence-corrected chi connectivity index (χ2v) is 7.08. The monoisotopic (exact) mass is 350 g/mol. The van der Waals surface area contributed by atoms with Gasteiger partial charge in [-0.2, -0.15) is 0 Å². The summed E-state index contributed by atoms with van der Waals surface area (Å²) in [5.74, 6) is 1.17. The molecule has 136 valence electrons. The lowest BCUT2D eigenvalue weighted by Gasteiger charge is -2.10. The van der Waals surface area contributed by atoms with E-state index in [1.54, 1.807) is 10.5 Å². The van der Waals surface area contributed by atoms with Crippen LogP contribution in [0.2, 0.25) is 0 Å². The summed E-state index contributed by atoms with van der Waals surface area (Å²) in [6.45, 7) is 7.87. The molecule has 0 radical (unpaired) electrons. The van der Waals surface area contributed by atoms with E-state index in [9.17, 15) is 4.79 Å². The van der Waals surface area contributed by atoms with Crippen LogP contribution in [0.1, 0.15) is 38.1 Å². The Morgan fingerprint density at radius 3 is 2.62 bits per heavy atom. The number of aromatic nitrogens is 3. The van der Waals surface area contributed by atoms with E-state index >= 15 is 0 Å². The summed E-state index contributed by atoms with van der Waals surface area (Å²) >= 11 is 0. The molecule has 3 aromatic rings. The minimum Gasteiger partial charge on any atom is -0.311 e. The zero-order valence-corrected chi connectivity index (χ0v) is 15.7. The van der Waals surface area contributed by atoms with E-state index in [2.05, 4.69) is 29.1 Å². The number of rotatable bonds is 7. The molecule has 0 unspecified atom stereocenters. The highest BCUT2D eigenvalue weighted by Crippen LogP contribution is 2.18. The summed E-state index contributed by atoms with van der Waals surface area (Å²) < 4.78 is 1.56. The molecule has 0 aliphatic carbocycles. The average molecular weight is 350 g/mol. The number of benzene rings is 1. The fourth-order valence-electron chi connectivity index (χ4n) is 3.02. The molecule has 5 nitrogen and oxygen atoms in total.